The summed E-state index contributed by atoms with van der Waals surface area (Å²) in [5.74, 6) is 0. The van der Waals surface area contributed by atoms with Crippen molar-refractivity contribution >= 4 is 0 Å². The zero-order valence-electron chi connectivity index (χ0n) is 6.15. The molecule has 0 spiro atoms. The van der Waals surface area contributed by atoms with Gasteiger partial charge in [-0.15, -0.1) is 0 Å². The first-order valence-electron chi connectivity index (χ1n) is 3.33. The maximum absolute atomic E-state index is 2.00. The third kappa shape index (κ3) is 5.65. The van der Waals surface area contributed by atoms with Crippen molar-refractivity contribution in [1.82, 2.24) is 0 Å². The Kier molecular flexibility index (Phi) is 6.81. The Morgan fingerprint density at radius 1 is 0.636 bits per heavy atom. The van der Waals surface area contributed by atoms with Crippen molar-refractivity contribution in [3.8, 4) is 0 Å². The van der Waals surface area contributed by atoms with Gasteiger partial charge in [-0.05, 0) is 0 Å². The Hall–Kier alpha value is -0.781. The van der Waals surface area contributed by atoms with Gasteiger partial charge in [-0.25, -0.2) is 12.1 Å². The summed E-state index contributed by atoms with van der Waals surface area (Å²) in [7, 11) is 0. The number of hydrogen-bond donors (Lipinski definition) is 0. The van der Waals surface area contributed by atoms with E-state index in [1.807, 2.05) is 60.7 Å². The van der Waals surface area contributed by atoms with Gasteiger partial charge in [-0.1, -0.05) is 0 Å². The molecule has 0 fully saturated rings. The average Bonchev–Trinajstić information content (AvgIpc) is 2.67. The van der Waals surface area contributed by atoms with Gasteiger partial charge in [-0.2, -0.15) is 18.2 Å². The van der Waals surface area contributed by atoms with Gasteiger partial charge in [0.2, 0.25) is 0 Å². The van der Waals surface area contributed by atoms with Crippen LogP contribution in [0.1, 0.15) is 0 Å². The molecule has 0 aliphatic carbocycles. The van der Waals surface area contributed by atoms with Gasteiger partial charge in [0.15, 0.2) is 0 Å². The van der Waals surface area contributed by atoms with Gasteiger partial charge >= 0.3 is 0 Å². The molecule has 0 bridgehead atoms. The summed E-state index contributed by atoms with van der Waals surface area (Å²) >= 11 is 0. The molecule has 1 radical (unpaired) electrons. The minimum atomic E-state index is 0. The molecule has 0 heterocycles. The second-order valence-electron chi connectivity index (χ2n) is 1.92. The molecule has 0 aliphatic heterocycles. The van der Waals surface area contributed by atoms with Gasteiger partial charge in [0, 0.05) is 17.1 Å². The van der Waals surface area contributed by atoms with Crippen LogP contribution in [-0.2, 0) is 17.1 Å². The van der Waals surface area contributed by atoms with Crippen LogP contribution in [0.5, 0.6) is 0 Å². The quantitative estimate of drug-likeness (QED) is 0.437. The molecule has 0 aromatic heterocycles. The van der Waals surface area contributed by atoms with Crippen molar-refractivity contribution in [2.24, 2.45) is 0 Å². The first kappa shape index (κ1) is 10.2. The van der Waals surface area contributed by atoms with Crippen LogP contribution in [0, 0.1) is 0 Å². The summed E-state index contributed by atoms with van der Waals surface area (Å²) in [5, 5.41) is 0. The van der Waals surface area contributed by atoms with Crippen LogP contribution in [0.2, 0.25) is 0 Å². The normalized spacial score (nSPS) is 7.27. The molecule has 0 atom stereocenters. The van der Waals surface area contributed by atoms with Crippen molar-refractivity contribution in [2.45, 2.75) is 0 Å². The predicted octanol–water partition coefficient (Wildman–Crippen LogP) is 2.81. The third-order valence-electron chi connectivity index (χ3n) is 1.11. The molecular weight excluding hydrogens is 175 g/mol. The molecule has 11 heavy (non-hydrogen) atoms. The van der Waals surface area contributed by atoms with E-state index in [9.17, 15) is 0 Å². The molecular formula is C10H10Mn-6. The summed E-state index contributed by atoms with van der Waals surface area (Å²) in [6.07, 6.45) is 0. The maximum atomic E-state index is 2.00. The summed E-state index contributed by atoms with van der Waals surface area (Å²) < 4.78 is 0. The van der Waals surface area contributed by atoms with Crippen LogP contribution in [-0.4, -0.2) is 0 Å². The van der Waals surface area contributed by atoms with E-state index in [1.54, 1.807) is 0 Å². The summed E-state index contributed by atoms with van der Waals surface area (Å²) in [5.41, 5.74) is 0. The van der Waals surface area contributed by atoms with Gasteiger partial charge in [-0.3, -0.25) is 0 Å². The molecule has 2 aromatic rings. The van der Waals surface area contributed by atoms with E-state index in [2.05, 4.69) is 0 Å². The predicted molar refractivity (Wildman–Crippen MR) is 44.1 cm³/mol. The number of hydrogen-bond acceptors (Lipinski definition) is 0. The smallest absolute Gasteiger partial charge is 0 e. The molecule has 63 valence electrons. The van der Waals surface area contributed by atoms with Crippen molar-refractivity contribution in [3.05, 3.63) is 60.7 Å². The summed E-state index contributed by atoms with van der Waals surface area (Å²) in [6, 6.07) is 20.0. The molecule has 0 nitrogen and oxygen atoms in total. The molecule has 2 rings (SSSR count). The van der Waals surface area contributed by atoms with Crippen molar-refractivity contribution in [2.75, 3.05) is 0 Å². The van der Waals surface area contributed by atoms with Gasteiger partial charge < -0.3 is 30.3 Å². The van der Waals surface area contributed by atoms with Crippen molar-refractivity contribution in [1.29, 1.82) is 0 Å². The standard InChI is InChI=1S/2C5H5.Mn/c2*1-2-4-5-3-1;/h2*1-5H;/q-5;-1;. The van der Waals surface area contributed by atoms with E-state index in [-0.39, 0.29) is 17.1 Å². The summed E-state index contributed by atoms with van der Waals surface area (Å²) in [4.78, 5) is 0. The van der Waals surface area contributed by atoms with E-state index in [0.717, 1.165) is 0 Å². The Morgan fingerprint density at radius 2 is 1.00 bits per heavy atom. The first-order chi connectivity index (χ1) is 5.00. The van der Waals surface area contributed by atoms with Crippen molar-refractivity contribution in [3.63, 3.8) is 0 Å². The van der Waals surface area contributed by atoms with E-state index in [4.69, 9.17) is 0 Å². The second kappa shape index (κ2) is 7.33. The zero-order valence-corrected chi connectivity index (χ0v) is 7.33. The minimum absolute atomic E-state index is 0. The largest absolute Gasteiger partial charge is 0.748 e. The SMILES string of the molecule is [Mn].[cH-]1[cH-][cH-][cH-][cH-]1.c1cc[cH-]c1. The average molecular weight is 185 g/mol. The maximum Gasteiger partial charge on any atom is 0 e. The number of rotatable bonds is 0. The molecule has 0 aliphatic rings. The zero-order chi connectivity index (χ0) is 7.07. The van der Waals surface area contributed by atoms with Gasteiger partial charge in [0.1, 0.15) is 0 Å². The van der Waals surface area contributed by atoms with E-state index in [0.29, 0.717) is 0 Å². The van der Waals surface area contributed by atoms with Crippen LogP contribution in [0.4, 0.5) is 0 Å². The molecule has 0 unspecified atom stereocenters. The first-order valence-corrected chi connectivity index (χ1v) is 3.33. The Morgan fingerprint density at radius 3 is 1.18 bits per heavy atom. The molecule has 2 aromatic carbocycles. The molecule has 1 heteroatoms. The molecule has 0 amide bonds. The minimum Gasteiger partial charge on any atom is -0.748 e. The van der Waals surface area contributed by atoms with E-state index < -0.39 is 0 Å². The van der Waals surface area contributed by atoms with Gasteiger partial charge in [0.25, 0.3) is 0 Å². The fourth-order valence-electron chi connectivity index (χ4n) is 0.642. The van der Waals surface area contributed by atoms with Crippen LogP contribution in [0.25, 0.3) is 0 Å². The molecule has 0 saturated carbocycles. The second-order valence-corrected chi connectivity index (χ2v) is 1.92. The Balaban J connectivity index is 0.000000167. The summed E-state index contributed by atoms with van der Waals surface area (Å²) in [6.45, 7) is 0. The third-order valence-corrected chi connectivity index (χ3v) is 1.11. The Labute approximate surface area is 78.1 Å². The van der Waals surface area contributed by atoms with E-state index >= 15 is 0 Å². The van der Waals surface area contributed by atoms with Crippen LogP contribution < -0.4 is 0 Å². The van der Waals surface area contributed by atoms with Crippen LogP contribution in [0.15, 0.2) is 60.7 Å². The topological polar surface area (TPSA) is 0 Å². The fourth-order valence-corrected chi connectivity index (χ4v) is 0.642. The van der Waals surface area contributed by atoms with Gasteiger partial charge in [0.05, 0.1) is 0 Å². The van der Waals surface area contributed by atoms with Crippen LogP contribution >= 0.6 is 0 Å². The molecule has 0 saturated heterocycles. The fraction of sp³-hybridized carbons (Fsp3) is 0. The Bertz CT molecular complexity index is 144. The van der Waals surface area contributed by atoms with Crippen molar-refractivity contribution < 1.29 is 17.1 Å². The monoisotopic (exact) mass is 185 g/mol. The molecule has 0 N–H and O–H groups in total. The van der Waals surface area contributed by atoms with E-state index in [1.165, 1.54) is 0 Å². The van der Waals surface area contributed by atoms with Crippen LogP contribution in [0.3, 0.4) is 0 Å².